The summed E-state index contributed by atoms with van der Waals surface area (Å²) in [6.45, 7) is 3.00. The van der Waals surface area contributed by atoms with Gasteiger partial charge in [-0.15, -0.1) is 5.10 Å². The number of likely N-dealkylation sites (tertiary alicyclic amines) is 1. The number of ether oxygens (including phenoxy) is 1. The number of carbonyl (C=O) groups is 1. The van der Waals surface area contributed by atoms with E-state index in [4.69, 9.17) is 4.74 Å². The lowest BCUT2D eigenvalue weighted by molar-refractivity contribution is -0.140. The van der Waals surface area contributed by atoms with Crippen LogP contribution in [0.5, 0.6) is 5.75 Å². The molecule has 2 aromatic heterocycles. The van der Waals surface area contributed by atoms with Crippen molar-refractivity contribution >= 4 is 16.9 Å². The maximum atomic E-state index is 12.4. The molecular formula is C18H19N5O3. The van der Waals surface area contributed by atoms with Crippen LogP contribution in [0, 0.1) is 6.92 Å². The third-order valence-electron chi connectivity index (χ3n) is 4.69. The highest BCUT2D eigenvalue weighted by Gasteiger charge is 2.32. The van der Waals surface area contributed by atoms with E-state index in [-0.39, 0.29) is 24.1 Å². The molecule has 0 aliphatic carbocycles. The highest BCUT2D eigenvalue weighted by Crippen LogP contribution is 2.18. The second-order valence-electron chi connectivity index (χ2n) is 6.50. The van der Waals surface area contributed by atoms with Gasteiger partial charge in [0, 0.05) is 18.8 Å². The molecular weight excluding hydrogens is 334 g/mol. The second-order valence-corrected chi connectivity index (χ2v) is 6.50. The maximum absolute atomic E-state index is 12.4. The van der Waals surface area contributed by atoms with Gasteiger partial charge in [0.25, 0.3) is 5.56 Å². The lowest BCUT2D eigenvalue weighted by atomic mass is 10.1. The highest BCUT2D eigenvalue weighted by molar-refractivity contribution is 5.80. The van der Waals surface area contributed by atoms with E-state index in [1.54, 1.807) is 21.2 Å². The lowest BCUT2D eigenvalue weighted by Crippen LogP contribution is -2.57. The Kier molecular flexibility index (Phi) is 3.95. The lowest BCUT2D eigenvalue weighted by Gasteiger charge is -2.39. The quantitative estimate of drug-likeness (QED) is 0.691. The number of hydrogen-bond donors (Lipinski definition) is 0. The van der Waals surface area contributed by atoms with Crippen LogP contribution in [0.15, 0.2) is 41.2 Å². The van der Waals surface area contributed by atoms with Gasteiger partial charge in [-0.1, -0.05) is 17.3 Å². The van der Waals surface area contributed by atoms with Crippen LogP contribution in [-0.4, -0.2) is 49.6 Å². The number of carbonyl (C=O) groups excluding carboxylic acids is 1. The van der Waals surface area contributed by atoms with E-state index in [1.165, 1.54) is 6.07 Å². The average Bonchev–Trinajstić information content (AvgIpc) is 2.98. The van der Waals surface area contributed by atoms with Gasteiger partial charge < -0.3 is 14.2 Å². The molecule has 26 heavy (non-hydrogen) atoms. The van der Waals surface area contributed by atoms with Gasteiger partial charge in [-0.25, -0.2) is 4.68 Å². The SMILES string of the molecule is Cc1cc(OC2CN(C(=O)Cn3nnc4ccccc43)C2)cc(=O)n1C. The van der Waals surface area contributed by atoms with Crippen LogP contribution in [0.4, 0.5) is 0 Å². The molecule has 0 atom stereocenters. The normalized spacial score (nSPS) is 14.5. The van der Waals surface area contributed by atoms with Gasteiger partial charge in [0.1, 0.15) is 23.9 Å². The molecule has 4 rings (SSSR count). The second kappa shape index (κ2) is 6.29. The smallest absolute Gasteiger partial charge is 0.254 e. The first-order chi connectivity index (χ1) is 12.5. The summed E-state index contributed by atoms with van der Waals surface area (Å²) < 4.78 is 8.98. The van der Waals surface area contributed by atoms with Gasteiger partial charge in [-0.05, 0) is 25.1 Å². The van der Waals surface area contributed by atoms with E-state index >= 15 is 0 Å². The standard InChI is InChI=1S/C18H19N5O3/c1-12-7-13(8-17(24)21(12)2)26-14-9-22(10-14)18(25)11-23-16-6-4-3-5-15(16)19-20-23/h3-8,14H,9-11H2,1-2H3. The number of para-hydroxylation sites is 1. The number of aryl methyl sites for hydroxylation is 1. The van der Waals surface area contributed by atoms with Crippen LogP contribution >= 0.6 is 0 Å². The van der Waals surface area contributed by atoms with Crippen molar-refractivity contribution in [1.29, 1.82) is 0 Å². The summed E-state index contributed by atoms with van der Waals surface area (Å²) in [5, 5.41) is 8.10. The molecule has 0 bridgehead atoms. The minimum absolute atomic E-state index is 0.0272. The van der Waals surface area contributed by atoms with Crippen LogP contribution in [0.25, 0.3) is 11.0 Å². The Balaban J connectivity index is 1.36. The zero-order valence-corrected chi connectivity index (χ0v) is 14.6. The molecule has 1 aromatic carbocycles. The number of hydrogen-bond acceptors (Lipinski definition) is 5. The van der Waals surface area contributed by atoms with Crippen molar-refractivity contribution in [2.45, 2.75) is 19.6 Å². The van der Waals surface area contributed by atoms with Crippen LogP contribution in [0.3, 0.4) is 0 Å². The summed E-state index contributed by atoms with van der Waals surface area (Å²) in [5.74, 6) is 0.519. The van der Waals surface area contributed by atoms with E-state index in [0.29, 0.717) is 18.8 Å². The first-order valence-electron chi connectivity index (χ1n) is 8.41. The van der Waals surface area contributed by atoms with Gasteiger partial charge in [-0.2, -0.15) is 0 Å². The van der Waals surface area contributed by atoms with Gasteiger partial charge in [0.05, 0.1) is 18.6 Å². The zero-order chi connectivity index (χ0) is 18.3. The van der Waals surface area contributed by atoms with Gasteiger partial charge >= 0.3 is 0 Å². The third kappa shape index (κ3) is 2.94. The molecule has 8 heteroatoms. The molecule has 8 nitrogen and oxygen atoms in total. The number of benzene rings is 1. The first kappa shape index (κ1) is 16.3. The fraction of sp³-hybridized carbons (Fsp3) is 0.333. The maximum Gasteiger partial charge on any atom is 0.254 e. The van der Waals surface area contributed by atoms with Gasteiger partial charge in [0.15, 0.2) is 0 Å². The molecule has 1 aliphatic rings. The zero-order valence-electron chi connectivity index (χ0n) is 14.6. The summed E-state index contributed by atoms with van der Waals surface area (Å²) in [6.07, 6.45) is -0.0991. The number of rotatable bonds is 4. The van der Waals surface area contributed by atoms with Crippen LogP contribution in [-0.2, 0) is 18.4 Å². The summed E-state index contributed by atoms with van der Waals surface area (Å²) in [6, 6.07) is 10.8. The number of amides is 1. The number of fused-ring (bicyclic) bond motifs is 1. The number of aromatic nitrogens is 4. The minimum Gasteiger partial charge on any atom is -0.486 e. The number of pyridine rings is 1. The fourth-order valence-electron chi connectivity index (χ4n) is 2.98. The fourth-order valence-corrected chi connectivity index (χ4v) is 2.98. The average molecular weight is 353 g/mol. The molecule has 0 spiro atoms. The molecule has 3 aromatic rings. The Bertz CT molecular complexity index is 1030. The monoisotopic (exact) mass is 353 g/mol. The molecule has 1 aliphatic heterocycles. The molecule has 0 radical (unpaired) electrons. The molecule has 3 heterocycles. The summed E-state index contributed by atoms with van der Waals surface area (Å²) in [5.41, 5.74) is 2.33. The Morgan fingerprint density at radius 3 is 2.81 bits per heavy atom. The van der Waals surface area contributed by atoms with Crippen LogP contribution in [0.1, 0.15) is 5.69 Å². The van der Waals surface area contributed by atoms with E-state index in [9.17, 15) is 9.59 Å². The van der Waals surface area contributed by atoms with Gasteiger partial charge in [-0.3, -0.25) is 9.59 Å². The summed E-state index contributed by atoms with van der Waals surface area (Å²) in [4.78, 5) is 25.9. The third-order valence-corrected chi connectivity index (χ3v) is 4.69. The van der Waals surface area contributed by atoms with Crippen molar-refractivity contribution in [2.24, 2.45) is 7.05 Å². The largest absolute Gasteiger partial charge is 0.486 e. The van der Waals surface area contributed by atoms with E-state index < -0.39 is 0 Å². The Morgan fingerprint density at radius 2 is 2.04 bits per heavy atom. The highest BCUT2D eigenvalue weighted by atomic mass is 16.5. The molecule has 0 saturated carbocycles. The molecule has 0 N–H and O–H groups in total. The molecule has 1 saturated heterocycles. The minimum atomic E-state index is -0.106. The predicted molar refractivity (Wildman–Crippen MR) is 94.9 cm³/mol. The van der Waals surface area contributed by atoms with E-state index in [1.807, 2.05) is 37.3 Å². The van der Waals surface area contributed by atoms with Crippen molar-refractivity contribution in [3.63, 3.8) is 0 Å². The van der Waals surface area contributed by atoms with Crippen LogP contribution < -0.4 is 10.3 Å². The molecule has 1 amide bonds. The summed E-state index contributed by atoms with van der Waals surface area (Å²) in [7, 11) is 1.72. The summed E-state index contributed by atoms with van der Waals surface area (Å²) >= 11 is 0. The topological polar surface area (TPSA) is 82.2 Å². The Hall–Kier alpha value is -3.16. The van der Waals surface area contributed by atoms with Crippen molar-refractivity contribution in [1.82, 2.24) is 24.5 Å². The van der Waals surface area contributed by atoms with E-state index in [2.05, 4.69) is 10.3 Å². The van der Waals surface area contributed by atoms with E-state index in [0.717, 1.165) is 16.7 Å². The predicted octanol–water partition coefficient (Wildman–Crippen LogP) is 0.728. The van der Waals surface area contributed by atoms with Crippen molar-refractivity contribution in [3.8, 4) is 5.75 Å². The van der Waals surface area contributed by atoms with Crippen LogP contribution in [0.2, 0.25) is 0 Å². The molecule has 1 fully saturated rings. The molecule has 134 valence electrons. The van der Waals surface area contributed by atoms with Crippen molar-refractivity contribution in [3.05, 3.63) is 52.4 Å². The molecule has 0 unspecified atom stereocenters. The number of nitrogens with zero attached hydrogens (tertiary/aromatic N) is 5. The Morgan fingerprint density at radius 1 is 1.27 bits per heavy atom. The Labute approximate surface area is 149 Å². The van der Waals surface area contributed by atoms with Gasteiger partial charge in [0.2, 0.25) is 5.91 Å². The van der Waals surface area contributed by atoms with Crippen molar-refractivity contribution in [2.75, 3.05) is 13.1 Å². The van der Waals surface area contributed by atoms with Crippen molar-refractivity contribution < 1.29 is 9.53 Å². The first-order valence-corrected chi connectivity index (χ1v) is 8.41.